The number of rotatable bonds is 4. The van der Waals surface area contributed by atoms with E-state index < -0.39 is 0 Å². The maximum atomic E-state index is 13.0. The van der Waals surface area contributed by atoms with Crippen LogP contribution in [0.1, 0.15) is 36.9 Å². The zero-order chi connectivity index (χ0) is 20.4. The minimum absolute atomic E-state index is 0.0430. The molecule has 1 unspecified atom stereocenters. The summed E-state index contributed by atoms with van der Waals surface area (Å²) < 4.78 is 0. The molecule has 152 valence electrons. The van der Waals surface area contributed by atoms with Crippen molar-refractivity contribution in [3.05, 3.63) is 35.5 Å². The molecular weight excluding hydrogens is 368 g/mol. The van der Waals surface area contributed by atoms with Crippen LogP contribution in [0.4, 0.5) is 9.59 Å². The molecule has 0 bridgehead atoms. The molecule has 4 rings (SSSR count). The van der Waals surface area contributed by atoms with E-state index in [2.05, 4.69) is 21.7 Å². The number of aromatic amines is 1. The van der Waals surface area contributed by atoms with E-state index in [1.54, 1.807) is 18.0 Å². The van der Waals surface area contributed by atoms with E-state index in [1.807, 2.05) is 23.1 Å². The topological polar surface area (TPSA) is 104 Å². The van der Waals surface area contributed by atoms with Crippen LogP contribution < -0.4 is 10.6 Å². The van der Waals surface area contributed by atoms with Gasteiger partial charge in [0.25, 0.3) is 0 Å². The lowest BCUT2D eigenvalue weighted by molar-refractivity contribution is 0.116. The molecule has 1 aromatic carbocycles. The number of amides is 4. The van der Waals surface area contributed by atoms with Crippen molar-refractivity contribution >= 4 is 23.0 Å². The van der Waals surface area contributed by atoms with Crippen LogP contribution in [0.3, 0.4) is 0 Å². The molecule has 8 heteroatoms. The monoisotopic (exact) mass is 394 g/mol. The van der Waals surface area contributed by atoms with Gasteiger partial charge < -0.3 is 25.4 Å². The first-order chi connectivity index (χ1) is 14.1. The van der Waals surface area contributed by atoms with Gasteiger partial charge in [-0.3, -0.25) is 0 Å². The molecule has 4 amide bonds. The molecule has 0 radical (unpaired) electrons. The number of fused-ring (bicyclic) bond motifs is 1. The van der Waals surface area contributed by atoms with Gasteiger partial charge in [0.1, 0.15) is 0 Å². The van der Waals surface area contributed by atoms with Crippen molar-refractivity contribution in [1.82, 2.24) is 25.4 Å². The SMILES string of the molecule is CNC(=O)N1CCCC(N(C(=O)NCc2cc3c(C#N)cccc3[nH]2)C2CC2)C1. The van der Waals surface area contributed by atoms with Crippen LogP contribution in [-0.4, -0.2) is 59.1 Å². The first-order valence-corrected chi connectivity index (χ1v) is 10.1. The number of carbonyl (C=O) groups excluding carboxylic acids is 2. The smallest absolute Gasteiger partial charge is 0.318 e. The van der Waals surface area contributed by atoms with Gasteiger partial charge >= 0.3 is 12.1 Å². The number of likely N-dealkylation sites (tertiary alicyclic amines) is 1. The molecule has 1 aliphatic heterocycles. The average molecular weight is 394 g/mol. The maximum Gasteiger partial charge on any atom is 0.318 e. The third-order valence-corrected chi connectivity index (χ3v) is 5.74. The third-order valence-electron chi connectivity index (χ3n) is 5.74. The van der Waals surface area contributed by atoms with Crippen molar-refractivity contribution < 1.29 is 9.59 Å². The summed E-state index contributed by atoms with van der Waals surface area (Å²) in [5.74, 6) is 0. The first-order valence-electron chi connectivity index (χ1n) is 10.1. The zero-order valence-electron chi connectivity index (χ0n) is 16.6. The van der Waals surface area contributed by atoms with Gasteiger partial charge in [-0.1, -0.05) is 6.07 Å². The van der Waals surface area contributed by atoms with Gasteiger partial charge in [-0.2, -0.15) is 5.26 Å². The van der Waals surface area contributed by atoms with Crippen molar-refractivity contribution in [1.29, 1.82) is 5.26 Å². The van der Waals surface area contributed by atoms with Crippen LogP contribution in [0.15, 0.2) is 24.3 Å². The summed E-state index contributed by atoms with van der Waals surface area (Å²) in [5, 5.41) is 15.8. The van der Waals surface area contributed by atoms with Crippen molar-refractivity contribution in [2.24, 2.45) is 0 Å². The quantitative estimate of drug-likeness (QED) is 0.742. The summed E-state index contributed by atoms with van der Waals surface area (Å²) in [6.45, 7) is 1.67. The summed E-state index contributed by atoms with van der Waals surface area (Å²) in [7, 11) is 1.63. The molecule has 2 aliphatic rings. The van der Waals surface area contributed by atoms with Crippen molar-refractivity contribution in [3.8, 4) is 6.07 Å². The number of hydrogen-bond donors (Lipinski definition) is 3. The predicted octanol–water partition coefficient (Wildman–Crippen LogP) is 2.52. The van der Waals surface area contributed by atoms with E-state index in [-0.39, 0.29) is 24.1 Å². The van der Waals surface area contributed by atoms with E-state index in [9.17, 15) is 14.9 Å². The highest BCUT2D eigenvalue weighted by Gasteiger charge is 2.39. The van der Waals surface area contributed by atoms with E-state index >= 15 is 0 Å². The number of benzene rings is 1. The number of H-pyrrole nitrogens is 1. The fraction of sp³-hybridized carbons (Fsp3) is 0.476. The van der Waals surface area contributed by atoms with Gasteiger partial charge in [-0.15, -0.1) is 0 Å². The van der Waals surface area contributed by atoms with Crippen LogP contribution >= 0.6 is 0 Å². The fourth-order valence-electron chi connectivity index (χ4n) is 4.17. The lowest BCUT2D eigenvalue weighted by atomic mass is 10.0. The highest BCUT2D eigenvalue weighted by atomic mass is 16.2. The molecule has 1 aliphatic carbocycles. The van der Waals surface area contributed by atoms with Crippen LogP contribution in [0.2, 0.25) is 0 Å². The molecule has 2 fully saturated rings. The van der Waals surface area contributed by atoms with Gasteiger partial charge in [-0.25, -0.2) is 9.59 Å². The second-order valence-electron chi connectivity index (χ2n) is 7.77. The molecule has 29 heavy (non-hydrogen) atoms. The fourth-order valence-corrected chi connectivity index (χ4v) is 4.17. The van der Waals surface area contributed by atoms with E-state index in [0.717, 1.165) is 48.8 Å². The minimum Gasteiger partial charge on any atom is -0.357 e. The summed E-state index contributed by atoms with van der Waals surface area (Å²) >= 11 is 0. The minimum atomic E-state index is -0.0876. The Bertz CT molecular complexity index is 958. The molecule has 3 N–H and O–H groups in total. The number of nitrogens with zero attached hydrogens (tertiary/aromatic N) is 3. The van der Waals surface area contributed by atoms with Gasteiger partial charge in [0.15, 0.2) is 0 Å². The third kappa shape index (κ3) is 3.99. The summed E-state index contributed by atoms with van der Waals surface area (Å²) in [4.78, 5) is 32.0. The van der Waals surface area contributed by atoms with Crippen molar-refractivity contribution in [2.75, 3.05) is 20.1 Å². The Labute approximate surface area is 169 Å². The van der Waals surface area contributed by atoms with Crippen LogP contribution in [0.25, 0.3) is 10.9 Å². The van der Waals surface area contributed by atoms with E-state index in [0.29, 0.717) is 18.7 Å². The molecule has 2 aromatic rings. The normalized spacial score (nSPS) is 18.9. The Morgan fingerprint density at radius 3 is 2.86 bits per heavy atom. The molecule has 8 nitrogen and oxygen atoms in total. The molecule has 1 saturated heterocycles. The molecular formula is C21H26N6O2. The van der Waals surface area contributed by atoms with Crippen molar-refractivity contribution in [3.63, 3.8) is 0 Å². The number of nitriles is 1. The Morgan fingerprint density at radius 2 is 2.14 bits per heavy atom. The van der Waals surface area contributed by atoms with Gasteiger partial charge in [0.05, 0.1) is 24.2 Å². The van der Waals surface area contributed by atoms with Crippen LogP contribution in [0, 0.1) is 11.3 Å². The number of hydrogen-bond acceptors (Lipinski definition) is 3. The van der Waals surface area contributed by atoms with Crippen molar-refractivity contribution in [2.45, 2.75) is 44.3 Å². The number of piperidine rings is 1. The summed E-state index contributed by atoms with van der Waals surface area (Å²) in [6.07, 6.45) is 3.84. The number of nitrogens with one attached hydrogen (secondary N) is 3. The van der Waals surface area contributed by atoms with E-state index in [1.165, 1.54) is 0 Å². The van der Waals surface area contributed by atoms with Gasteiger partial charge in [0, 0.05) is 42.8 Å². The van der Waals surface area contributed by atoms with Crippen LogP contribution in [0.5, 0.6) is 0 Å². The highest BCUT2D eigenvalue weighted by Crippen LogP contribution is 2.31. The predicted molar refractivity (Wildman–Crippen MR) is 109 cm³/mol. The van der Waals surface area contributed by atoms with Gasteiger partial charge in [-0.05, 0) is 43.9 Å². The maximum absolute atomic E-state index is 13.0. The number of aromatic nitrogens is 1. The molecule has 1 aromatic heterocycles. The Hall–Kier alpha value is -3.21. The number of carbonyl (C=O) groups is 2. The first kappa shape index (κ1) is 19.1. The summed E-state index contributed by atoms with van der Waals surface area (Å²) in [6, 6.07) is 9.80. The molecule has 1 atom stereocenters. The second kappa shape index (κ2) is 8.03. The lowest BCUT2D eigenvalue weighted by Gasteiger charge is -2.39. The lowest BCUT2D eigenvalue weighted by Crippen LogP contribution is -2.56. The molecule has 2 heterocycles. The van der Waals surface area contributed by atoms with E-state index in [4.69, 9.17) is 0 Å². The molecule has 1 saturated carbocycles. The standard InChI is InChI=1S/C21H26N6O2/c1-23-20(28)26-9-3-5-17(13-26)27(16-7-8-16)21(29)24-12-15-10-18-14(11-22)4-2-6-19(18)25-15/h2,4,6,10,16-17,25H,3,5,7-9,12-13H2,1H3,(H,23,28)(H,24,29). The summed E-state index contributed by atoms with van der Waals surface area (Å²) in [5.41, 5.74) is 2.37. The Kier molecular flexibility index (Phi) is 5.30. The zero-order valence-corrected chi connectivity index (χ0v) is 16.6. The Morgan fingerprint density at radius 1 is 1.31 bits per heavy atom. The van der Waals surface area contributed by atoms with Crippen LogP contribution in [-0.2, 0) is 6.54 Å². The largest absolute Gasteiger partial charge is 0.357 e. The Balaban J connectivity index is 1.43. The second-order valence-corrected chi connectivity index (χ2v) is 7.77. The number of urea groups is 2. The molecule has 0 spiro atoms. The average Bonchev–Trinajstić information content (AvgIpc) is 3.48. The van der Waals surface area contributed by atoms with Gasteiger partial charge in [0.2, 0.25) is 0 Å². The highest BCUT2D eigenvalue weighted by molar-refractivity contribution is 5.86.